The van der Waals surface area contributed by atoms with Crippen LogP contribution in [0.1, 0.15) is 278 Å². The molecule has 0 radical (unpaired) electrons. The Hall–Kier alpha value is -2.44. The highest BCUT2D eigenvalue weighted by Gasteiger charge is 2.24. The summed E-state index contributed by atoms with van der Waals surface area (Å²) in [6, 6.07) is -0.716. The lowest BCUT2D eigenvalue weighted by atomic mass is 10.0. The summed E-state index contributed by atoms with van der Waals surface area (Å²) in [6.07, 6.45) is 65.7. The summed E-state index contributed by atoms with van der Waals surface area (Å²) in [5.41, 5.74) is 0. The summed E-state index contributed by atoms with van der Waals surface area (Å²) in [6.45, 7) is 6.37. The van der Waals surface area contributed by atoms with E-state index in [1.54, 1.807) is 0 Å². The lowest BCUT2D eigenvalue weighted by molar-refractivity contribution is -0.151. The van der Waals surface area contributed by atoms with Gasteiger partial charge in [-0.3, -0.25) is 9.59 Å². The highest BCUT2D eigenvalue weighted by molar-refractivity contribution is 5.77. The van der Waals surface area contributed by atoms with E-state index in [4.69, 9.17) is 4.74 Å². The average molecular weight is 911 g/mol. The van der Waals surface area contributed by atoms with Crippen molar-refractivity contribution in [3.8, 4) is 0 Å². The van der Waals surface area contributed by atoms with E-state index in [9.17, 15) is 19.8 Å². The van der Waals surface area contributed by atoms with Gasteiger partial charge in [0.05, 0.1) is 25.2 Å². The van der Waals surface area contributed by atoms with Gasteiger partial charge in [0.25, 0.3) is 0 Å². The van der Waals surface area contributed by atoms with Crippen LogP contribution in [0.2, 0.25) is 0 Å². The molecule has 0 aromatic heterocycles. The van der Waals surface area contributed by atoms with E-state index in [1.165, 1.54) is 141 Å². The summed E-state index contributed by atoms with van der Waals surface area (Å²) >= 11 is 0. The lowest BCUT2D eigenvalue weighted by Crippen LogP contribution is -2.46. The van der Waals surface area contributed by atoms with Crippen molar-refractivity contribution in [2.75, 3.05) is 6.61 Å². The highest BCUT2D eigenvalue weighted by Crippen LogP contribution is 2.18. The van der Waals surface area contributed by atoms with Crippen LogP contribution >= 0.6 is 0 Å². The second kappa shape index (κ2) is 52.5. The predicted molar refractivity (Wildman–Crippen MR) is 282 cm³/mol. The number of aliphatic hydroxyl groups is 2. The van der Waals surface area contributed by atoms with E-state index in [-0.39, 0.29) is 24.9 Å². The van der Waals surface area contributed by atoms with Crippen LogP contribution in [0.5, 0.6) is 0 Å². The van der Waals surface area contributed by atoms with E-state index in [2.05, 4.69) is 86.8 Å². The summed E-state index contributed by atoms with van der Waals surface area (Å²) < 4.78 is 5.93. The lowest BCUT2D eigenvalue weighted by Gasteiger charge is -2.24. The molecule has 0 aliphatic heterocycles. The molecule has 378 valence electrons. The number of rotatable bonds is 50. The summed E-state index contributed by atoms with van der Waals surface area (Å²) in [7, 11) is 0. The molecule has 65 heavy (non-hydrogen) atoms. The average Bonchev–Trinajstić information content (AvgIpc) is 3.30. The van der Waals surface area contributed by atoms with Gasteiger partial charge in [-0.25, -0.2) is 0 Å². The first-order chi connectivity index (χ1) is 32.0. The van der Waals surface area contributed by atoms with E-state index in [0.29, 0.717) is 19.3 Å². The number of aliphatic hydroxyl groups excluding tert-OH is 2. The first kappa shape index (κ1) is 62.6. The number of unbranched alkanes of at least 4 members (excludes halogenated alkanes) is 30. The van der Waals surface area contributed by atoms with Crippen LogP contribution in [0.25, 0.3) is 0 Å². The molecule has 0 aromatic carbocycles. The first-order valence-corrected chi connectivity index (χ1v) is 28.0. The number of ether oxygens (including phenoxy) is 1. The fraction of sp³-hybridized carbons (Fsp3) is 0.797. The normalized spacial score (nSPS) is 13.6. The third-order valence-corrected chi connectivity index (χ3v) is 12.6. The van der Waals surface area contributed by atoms with E-state index in [1.807, 2.05) is 0 Å². The maximum atomic E-state index is 13.2. The summed E-state index contributed by atoms with van der Waals surface area (Å²) in [5, 5.41) is 23.9. The number of carbonyl (C=O) groups is 2. The van der Waals surface area contributed by atoms with Crippen LogP contribution in [0.3, 0.4) is 0 Å². The van der Waals surface area contributed by atoms with Gasteiger partial charge in [0, 0.05) is 6.42 Å². The monoisotopic (exact) mass is 910 g/mol. The van der Waals surface area contributed by atoms with Gasteiger partial charge in [-0.1, -0.05) is 248 Å². The molecule has 3 N–H and O–H groups in total. The third kappa shape index (κ3) is 47.8. The van der Waals surface area contributed by atoms with Gasteiger partial charge < -0.3 is 20.3 Å². The van der Waals surface area contributed by atoms with Crippen molar-refractivity contribution in [3.63, 3.8) is 0 Å². The smallest absolute Gasteiger partial charge is 0.306 e. The van der Waals surface area contributed by atoms with Crippen molar-refractivity contribution < 1.29 is 24.5 Å². The number of esters is 1. The number of hydrogen-bond donors (Lipinski definition) is 3. The minimum atomic E-state index is -0.800. The Labute approximate surface area is 403 Å². The third-order valence-electron chi connectivity index (χ3n) is 12.6. The summed E-state index contributed by atoms with van der Waals surface area (Å²) in [4.78, 5) is 26.2. The van der Waals surface area contributed by atoms with E-state index < -0.39 is 18.2 Å². The second-order valence-electron chi connectivity index (χ2n) is 19.0. The molecular formula is C59H107NO5. The zero-order valence-electron chi connectivity index (χ0n) is 43.1. The molecule has 0 saturated carbocycles. The van der Waals surface area contributed by atoms with Gasteiger partial charge in [-0.2, -0.15) is 0 Å². The quantitative estimate of drug-likeness (QED) is 0.0245. The molecule has 0 bridgehead atoms. The van der Waals surface area contributed by atoms with Crippen LogP contribution < -0.4 is 5.32 Å². The minimum Gasteiger partial charge on any atom is -0.462 e. The molecule has 0 spiro atoms. The molecule has 0 aliphatic carbocycles. The van der Waals surface area contributed by atoms with Gasteiger partial charge in [0.2, 0.25) is 5.91 Å². The maximum Gasteiger partial charge on any atom is 0.306 e. The second-order valence-corrected chi connectivity index (χ2v) is 19.0. The van der Waals surface area contributed by atoms with Gasteiger partial charge in [0.1, 0.15) is 6.10 Å². The Morgan fingerprint density at radius 2 is 0.892 bits per heavy atom. The fourth-order valence-corrected chi connectivity index (χ4v) is 8.41. The van der Waals surface area contributed by atoms with Gasteiger partial charge >= 0.3 is 5.97 Å². The van der Waals surface area contributed by atoms with Crippen molar-refractivity contribution in [1.29, 1.82) is 0 Å². The SMILES string of the molecule is CC/C=C/C/C=C/CCCCCCCCCC(=O)OC(CCCCC/C=C/C=C/C=C/CCCCCCC)CC(=O)NC(CO)C(O)CCCCCCCCCCCCCCCCCC. The molecule has 0 rings (SSSR count). The van der Waals surface area contributed by atoms with Gasteiger partial charge in [0.15, 0.2) is 0 Å². The molecule has 3 atom stereocenters. The van der Waals surface area contributed by atoms with Crippen LogP contribution in [-0.2, 0) is 14.3 Å². The van der Waals surface area contributed by atoms with Crippen LogP contribution in [0, 0.1) is 0 Å². The Kier molecular flexibility index (Phi) is 50.6. The highest BCUT2D eigenvalue weighted by atomic mass is 16.5. The number of allylic oxidation sites excluding steroid dienone is 10. The van der Waals surface area contributed by atoms with E-state index in [0.717, 1.165) is 89.9 Å². The Balaban J connectivity index is 4.62. The van der Waals surface area contributed by atoms with Crippen molar-refractivity contribution >= 4 is 11.9 Å². The van der Waals surface area contributed by atoms with Crippen molar-refractivity contribution in [2.45, 2.75) is 296 Å². The molecule has 0 fully saturated rings. The zero-order chi connectivity index (χ0) is 47.4. The molecule has 3 unspecified atom stereocenters. The Morgan fingerprint density at radius 3 is 1.38 bits per heavy atom. The Bertz CT molecular complexity index is 1160. The van der Waals surface area contributed by atoms with Crippen LogP contribution in [-0.4, -0.2) is 46.9 Å². The largest absolute Gasteiger partial charge is 0.462 e. The molecule has 0 saturated heterocycles. The van der Waals surface area contributed by atoms with Crippen LogP contribution in [0.4, 0.5) is 0 Å². The summed E-state index contributed by atoms with van der Waals surface area (Å²) in [5.74, 6) is -0.511. The number of amides is 1. The van der Waals surface area contributed by atoms with Crippen LogP contribution in [0.15, 0.2) is 60.8 Å². The van der Waals surface area contributed by atoms with Crippen molar-refractivity contribution in [2.24, 2.45) is 0 Å². The van der Waals surface area contributed by atoms with Gasteiger partial charge in [-0.05, 0) is 77.0 Å². The molecule has 6 nitrogen and oxygen atoms in total. The first-order valence-electron chi connectivity index (χ1n) is 28.0. The maximum absolute atomic E-state index is 13.2. The molecule has 1 amide bonds. The molecular weight excluding hydrogens is 803 g/mol. The van der Waals surface area contributed by atoms with Crippen molar-refractivity contribution in [1.82, 2.24) is 5.32 Å². The number of hydrogen-bond acceptors (Lipinski definition) is 5. The molecule has 0 heterocycles. The number of nitrogens with one attached hydrogen (secondary N) is 1. The zero-order valence-corrected chi connectivity index (χ0v) is 43.1. The Morgan fingerprint density at radius 1 is 0.477 bits per heavy atom. The standard InChI is InChI=1S/C59H107NO5/c1-4-7-10-13-16-19-22-25-28-30-32-35-38-41-44-47-50-55(65-59(64)52-49-46-43-40-37-34-27-24-21-18-15-12-9-6-3)53-58(63)60-56(54-61)57(62)51-48-45-42-39-36-33-31-29-26-23-20-17-14-11-8-5-2/h9,12,18,21-22,25,28,30,32,35,55-57,61-62H,4-8,10-11,13-17,19-20,23-24,26-27,29,31,33-34,36-54H2,1-3H3,(H,60,63)/b12-9+,21-18+,25-22+,30-28+,35-32+. The molecule has 6 heteroatoms. The molecule has 0 aliphatic rings. The van der Waals surface area contributed by atoms with Crippen molar-refractivity contribution in [3.05, 3.63) is 60.8 Å². The van der Waals surface area contributed by atoms with Gasteiger partial charge in [-0.15, -0.1) is 0 Å². The fourth-order valence-electron chi connectivity index (χ4n) is 8.41. The topological polar surface area (TPSA) is 95.9 Å². The minimum absolute atomic E-state index is 0.0512. The van der Waals surface area contributed by atoms with E-state index >= 15 is 0 Å². The molecule has 0 aromatic rings. The predicted octanol–water partition coefficient (Wildman–Crippen LogP) is 17.2. The number of carbonyl (C=O) groups excluding carboxylic acids is 2.